The maximum Gasteiger partial charge on any atom is 0.217 e. The predicted molar refractivity (Wildman–Crippen MR) is 96.7 cm³/mol. The van der Waals surface area contributed by atoms with E-state index in [4.69, 9.17) is 17.3 Å². The number of aromatic nitrogens is 2. The molecule has 6 heteroatoms. The minimum absolute atomic E-state index is 0.275. The van der Waals surface area contributed by atoms with E-state index >= 15 is 0 Å². The lowest BCUT2D eigenvalue weighted by atomic mass is 9.95. The summed E-state index contributed by atoms with van der Waals surface area (Å²) in [5.74, 6) is -0.275. The molecule has 1 saturated carbocycles. The lowest BCUT2D eigenvalue weighted by molar-refractivity contribution is -0.118. The SMILES string of the molecule is NC(=O)CCCc1c(Cl)cc2c(cnn2C2CCCCC2)c1Br. The molecule has 23 heavy (non-hydrogen) atoms. The summed E-state index contributed by atoms with van der Waals surface area (Å²) in [5.41, 5.74) is 7.33. The number of hydrogen-bond acceptors (Lipinski definition) is 2. The van der Waals surface area contributed by atoms with Crippen LogP contribution in [0, 0.1) is 0 Å². The minimum atomic E-state index is -0.275. The molecule has 3 rings (SSSR count). The van der Waals surface area contributed by atoms with Gasteiger partial charge in [-0.25, -0.2) is 0 Å². The third-order valence-corrected chi connectivity index (χ3v) is 5.90. The topological polar surface area (TPSA) is 60.9 Å². The molecule has 1 aliphatic rings. The second-order valence-corrected chi connectivity index (χ2v) is 7.48. The van der Waals surface area contributed by atoms with Crippen molar-refractivity contribution in [2.75, 3.05) is 0 Å². The quantitative estimate of drug-likeness (QED) is 0.789. The van der Waals surface area contributed by atoms with E-state index in [9.17, 15) is 4.79 Å². The molecule has 4 nitrogen and oxygen atoms in total. The Balaban J connectivity index is 1.92. The molecule has 0 aliphatic heterocycles. The number of fused-ring (bicyclic) bond motifs is 1. The largest absolute Gasteiger partial charge is 0.370 e. The third-order valence-electron chi connectivity index (χ3n) is 4.66. The summed E-state index contributed by atoms with van der Waals surface area (Å²) < 4.78 is 3.13. The fraction of sp³-hybridized carbons (Fsp3) is 0.529. The van der Waals surface area contributed by atoms with Crippen LogP contribution in [0.1, 0.15) is 56.6 Å². The van der Waals surface area contributed by atoms with Crippen LogP contribution in [-0.4, -0.2) is 15.7 Å². The van der Waals surface area contributed by atoms with Crippen molar-refractivity contribution in [3.63, 3.8) is 0 Å². The highest BCUT2D eigenvalue weighted by atomic mass is 79.9. The van der Waals surface area contributed by atoms with Crippen molar-refractivity contribution in [3.8, 4) is 0 Å². The Bertz CT molecular complexity index is 722. The Labute approximate surface area is 149 Å². The summed E-state index contributed by atoms with van der Waals surface area (Å²) in [7, 11) is 0. The van der Waals surface area contributed by atoms with Gasteiger partial charge in [0.05, 0.1) is 17.8 Å². The van der Waals surface area contributed by atoms with Gasteiger partial charge in [-0.1, -0.05) is 30.9 Å². The first kappa shape index (κ1) is 16.8. The molecule has 0 spiro atoms. The van der Waals surface area contributed by atoms with Gasteiger partial charge in [0, 0.05) is 21.3 Å². The predicted octanol–water partition coefficient (Wildman–Crippen LogP) is 4.77. The molecule has 1 heterocycles. The first-order chi connectivity index (χ1) is 11.1. The molecule has 0 radical (unpaired) electrons. The van der Waals surface area contributed by atoms with Crippen molar-refractivity contribution < 1.29 is 4.79 Å². The van der Waals surface area contributed by atoms with Gasteiger partial charge in [-0.2, -0.15) is 5.10 Å². The van der Waals surface area contributed by atoms with Gasteiger partial charge in [-0.15, -0.1) is 0 Å². The maximum absolute atomic E-state index is 10.9. The number of amides is 1. The van der Waals surface area contributed by atoms with Gasteiger partial charge in [0.25, 0.3) is 0 Å². The summed E-state index contributed by atoms with van der Waals surface area (Å²) in [4.78, 5) is 10.9. The number of benzene rings is 1. The average Bonchev–Trinajstić information content (AvgIpc) is 2.95. The number of primary amides is 1. The van der Waals surface area contributed by atoms with E-state index in [0.717, 1.165) is 32.4 Å². The average molecular weight is 399 g/mol. The molecule has 0 saturated heterocycles. The lowest BCUT2D eigenvalue weighted by Gasteiger charge is -2.23. The van der Waals surface area contributed by atoms with Crippen molar-refractivity contribution in [2.24, 2.45) is 5.73 Å². The van der Waals surface area contributed by atoms with E-state index < -0.39 is 0 Å². The second kappa shape index (κ2) is 7.22. The number of rotatable bonds is 5. The zero-order valence-electron chi connectivity index (χ0n) is 13.0. The molecule has 1 aromatic heterocycles. The van der Waals surface area contributed by atoms with Crippen LogP contribution < -0.4 is 5.73 Å². The first-order valence-electron chi connectivity index (χ1n) is 8.20. The smallest absolute Gasteiger partial charge is 0.217 e. The van der Waals surface area contributed by atoms with Gasteiger partial charge in [0.15, 0.2) is 0 Å². The van der Waals surface area contributed by atoms with Gasteiger partial charge in [-0.05, 0) is 53.2 Å². The number of carbonyl (C=O) groups excluding carboxylic acids is 1. The summed E-state index contributed by atoms with van der Waals surface area (Å²) in [6.07, 6.45) is 9.97. The van der Waals surface area contributed by atoms with E-state index in [2.05, 4.69) is 25.7 Å². The highest BCUT2D eigenvalue weighted by Crippen LogP contribution is 2.37. The number of halogens is 2. The molecule has 1 amide bonds. The van der Waals surface area contributed by atoms with E-state index in [1.807, 2.05) is 12.3 Å². The van der Waals surface area contributed by atoms with Crippen LogP contribution in [-0.2, 0) is 11.2 Å². The van der Waals surface area contributed by atoms with Crippen molar-refractivity contribution >= 4 is 44.3 Å². The number of hydrogen-bond donors (Lipinski definition) is 1. The number of nitrogens with zero attached hydrogens (tertiary/aromatic N) is 2. The van der Waals surface area contributed by atoms with E-state index in [1.54, 1.807) is 0 Å². The second-order valence-electron chi connectivity index (χ2n) is 6.28. The fourth-order valence-corrected chi connectivity index (χ4v) is 4.57. The molecule has 1 aliphatic carbocycles. The number of nitrogens with two attached hydrogens (primary N) is 1. The van der Waals surface area contributed by atoms with Crippen LogP contribution in [0.4, 0.5) is 0 Å². The van der Waals surface area contributed by atoms with Gasteiger partial charge < -0.3 is 5.73 Å². The standard InChI is InChI=1S/C17H21BrClN3O/c18-17-12(7-4-8-16(20)23)14(19)9-15-13(17)10-21-22(15)11-5-2-1-3-6-11/h9-11H,1-8H2,(H2,20,23). The van der Waals surface area contributed by atoms with Crippen LogP contribution in [0.2, 0.25) is 5.02 Å². The van der Waals surface area contributed by atoms with Crippen LogP contribution >= 0.6 is 27.5 Å². The van der Waals surface area contributed by atoms with Crippen LogP contribution in [0.15, 0.2) is 16.7 Å². The van der Waals surface area contributed by atoms with Crippen molar-refractivity contribution in [2.45, 2.75) is 57.4 Å². The normalized spacial score (nSPS) is 16.1. The minimum Gasteiger partial charge on any atom is -0.370 e. The molecular formula is C17H21BrClN3O. The lowest BCUT2D eigenvalue weighted by Crippen LogP contribution is -2.13. The zero-order chi connectivity index (χ0) is 16.4. The van der Waals surface area contributed by atoms with E-state index in [-0.39, 0.29) is 5.91 Å². The van der Waals surface area contributed by atoms with E-state index in [0.29, 0.717) is 18.9 Å². The molecule has 0 atom stereocenters. The first-order valence-corrected chi connectivity index (χ1v) is 9.37. The van der Waals surface area contributed by atoms with Gasteiger partial charge in [-0.3, -0.25) is 9.48 Å². The van der Waals surface area contributed by atoms with Crippen LogP contribution in [0.3, 0.4) is 0 Å². The Morgan fingerprint density at radius 2 is 2.13 bits per heavy atom. The summed E-state index contributed by atoms with van der Waals surface area (Å²) in [5, 5.41) is 6.44. The number of carbonyl (C=O) groups is 1. The van der Waals surface area contributed by atoms with Gasteiger partial charge in [0.1, 0.15) is 0 Å². The molecule has 124 valence electrons. The molecule has 0 unspecified atom stereocenters. The maximum atomic E-state index is 10.9. The molecule has 0 bridgehead atoms. The molecule has 1 fully saturated rings. The van der Waals surface area contributed by atoms with Crippen LogP contribution in [0.5, 0.6) is 0 Å². The Hall–Kier alpha value is -1.07. The zero-order valence-corrected chi connectivity index (χ0v) is 15.4. The van der Waals surface area contributed by atoms with Crippen molar-refractivity contribution in [1.82, 2.24) is 9.78 Å². The monoisotopic (exact) mass is 397 g/mol. The van der Waals surface area contributed by atoms with E-state index in [1.165, 1.54) is 32.1 Å². The third kappa shape index (κ3) is 3.56. The Morgan fingerprint density at radius 3 is 2.83 bits per heavy atom. The highest BCUT2D eigenvalue weighted by molar-refractivity contribution is 9.10. The highest BCUT2D eigenvalue weighted by Gasteiger charge is 2.20. The van der Waals surface area contributed by atoms with Crippen molar-refractivity contribution in [1.29, 1.82) is 0 Å². The molecular weight excluding hydrogens is 378 g/mol. The Morgan fingerprint density at radius 1 is 1.39 bits per heavy atom. The van der Waals surface area contributed by atoms with Crippen molar-refractivity contribution in [3.05, 3.63) is 27.3 Å². The molecule has 2 aromatic rings. The fourth-order valence-electron chi connectivity index (χ4n) is 3.44. The Kier molecular flexibility index (Phi) is 5.27. The van der Waals surface area contributed by atoms with Crippen LogP contribution in [0.25, 0.3) is 10.9 Å². The van der Waals surface area contributed by atoms with Gasteiger partial charge >= 0.3 is 0 Å². The van der Waals surface area contributed by atoms with Gasteiger partial charge in [0.2, 0.25) is 5.91 Å². The summed E-state index contributed by atoms with van der Waals surface area (Å²) in [6.45, 7) is 0. The molecule has 1 aromatic carbocycles. The molecule has 2 N–H and O–H groups in total. The summed E-state index contributed by atoms with van der Waals surface area (Å²) >= 11 is 10.2. The summed E-state index contributed by atoms with van der Waals surface area (Å²) in [6, 6.07) is 2.49.